The summed E-state index contributed by atoms with van der Waals surface area (Å²) in [5.74, 6) is -2.23. The number of nitrogens with zero attached hydrogens (tertiary/aromatic N) is 1. The van der Waals surface area contributed by atoms with Crippen molar-refractivity contribution in [3.8, 4) is 5.75 Å². The van der Waals surface area contributed by atoms with Crippen LogP contribution in [0.3, 0.4) is 0 Å². The highest BCUT2D eigenvalue weighted by atomic mass is 35.5. The van der Waals surface area contributed by atoms with Crippen LogP contribution >= 0.6 is 11.6 Å². The molecule has 0 radical (unpaired) electrons. The highest BCUT2D eigenvalue weighted by Crippen LogP contribution is 2.36. The van der Waals surface area contributed by atoms with E-state index in [1.165, 1.54) is 18.2 Å². The number of hydrogen-bond donors (Lipinski definition) is 1. The first-order valence-electron chi connectivity index (χ1n) is 7.85. The number of sulfonamides is 1. The molecule has 2 aromatic carbocycles. The number of carbonyl (C=O) groups excluding carboxylic acids is 1. The van der Waals surface area contributed by atoms with E-state index < -0.39 is 33.7 Å². The third-order valence-corrected chi connectivity index (χ3v) is 5.35. The van der Waals surface area contributed by atoms with Crippen LogP contribution in [0, 0.1) is 11.6 Å². The van der Waals surface area contributed by atoms with E-state index in [0.717, 1.165) is 22.7 Å². The van der Waals surface area contributed by atoms with Gasteiger partial charge in [-0.1, -0.05) is 11.6 Å². The van der Waals surface area contributed by atoms with Crippen LogP contribution in [-0.2, 0) is 14.8 Å². The van der Waals surface area contributed by atoms with Gasteiger partial charge in [-0.25, -0.2) is 17.2 Å². The van der Waals surface area contributed by atoms with Gasteiger partial charge < -0.3 is 10.1 Å². The number of anilines is 2. The third-order valence-electron chi connectivity index (χ3n) is 3.94. The number of carbonyl (C=O) groups is 1. The maximum Gasteiger partial charge on any atom is 0.265 e. The molecule has 3 rings (SSSR count). The van der Waals surface area contributed by atoms with Crippen molar-refractivity contribution in [3.63, 3.8) is 0 Å². The molecular formula is C17H15ClF2N2O4S. The lowest BCUT2D eigenvalue weighted by atomic mass is 10.2. The molecule has 0 bridgehead atoms. The zero-order valence-corrected chi connectivity index (χ0v) is 15.7. The molecule has 1 amide bonds. The summed E-state index contributed by atoms with van der Waals surface area (Å²) in [6, 6.07) is 7.13. The van der Waals surface area contributed by atoms with Gasteiger partial charge in [0.15, 0.2) is 6.10 Å². The number of nitrogens with one attached hydrogen (secondary N) is 1. The summed E-state index contributed by atoms with van der Waals surface area (Å²) in [6.07, 6.45) is -0.0267. The van der Waals surface area contributed by atoms with E-state index in [0.29, 0.717) is 11.1 Å². The predicted octanol–water partition coefficient (Wildman–Crippen LogP) is 3.17. The number of fused-ring (bicyclic) bond motifs is 1. The Labute approximate surface area is 159 Å². The van der Waals surface area contributed by atoms with Gasteiger partial charge in [0.05, 0.1) is 17.6 Å². The highest BCUT2D eigenvalue weighted by Gasteiger charge is 2.31. The van der Waals surface area contributed by atoms with Gasteiger partial charge in [0.25, 0.3) is 5.91 Å². The molecule has 0 aromatic heterocycles. The molecule has 27 heavy (non-hydrogen) atoms. The van der Waals surface area contributed by atoms with E-state index in [4.69, 9.17) is 16.3 Å². The fourth-order valence-corrected chi connectivity index (χ4v) is 3.79. The summed E-state index contributed by atoms with van der Waals surface area (Å²) in [4.78, 5) is 12.5. The molecule has 2 aromatic rings. The van der Waals surface area contributed by atoms with Gasteiger partial charge in [-0.2, -0.15) is 0 Å². The molecule has 1 N–H and O–H groups in total. The number of halogens is 3. The number of benzene rings is 2. The zero-order chi connectivity index (χ0) is 19.8. The van der Waals surface area contributed by atoms with Crippen molar-refractivity contribution in [2.45, 2.75) is 12.5 Å². The van der Waals surface area contributed by atoms with E-state index in [1.54, 1.807) is 0 Å². The van der Waals surface area contributed by atoms with E-state index in [2.05, 4.69) is 5.32 Å². The first-order chi connectivity index (χ1) is 12.6. The Kier molecular flexibility index (Phi) is 5.25. The van der Waals surface area contributed by atoms with Crippen molar-refractivity contribution < 1.29 is 26.7 Å². The molecule has 1 atom stereocenters. The smallest absolute Gasteiger partial charge is 0.265 e. The van der Waals surface area contributed by atoms with Crippen LogP contribution in [0.5, 0.6) is 5.75 Å². The van der Waals surface area contributed by atoms with Crippen molar-refractivity contribution in [3.05, 3.63) is 53.1 Å². The van der Waals surface area contributed by atoms with Crippen molar-refractivity contribution in [2.24, 2.45) is 0 Å². The Balaban J connectivity index is 1.88. The average Bonchev–Trinajstić information content (AvgIpc) is 2.76. The maximum atomic E-state index is 13.8. The Bertz CT molecular complexity index is 1000. The minimum atomic E-state index is -3.64. The first-order valence-corrected chi connectivity index (χ1v) is 10.1. The van der Waals surface area contributed by atoms with Crippen LogP contribution in [0.15, 0.2) is 36.4 Å². The highest BCUT2D eigenvalue weighted by molar-refractivity contribution is 7.92. The summed E-state index contributed by atoms with van der Waals surface area (Å²) < 4.78 is 57.7. The lowest BCUT2D eigenvalue weighted by Crippen LogP contribution is -2.36. The fourth-order valence-electron chi connectivity index (χ4n) is 2.69. The van der Waals surface area contributed by atoms with Crippen LogP contribution in [-0.4, -0.2) is 33.2 Å². The maximum absolute atomic E-state index is 13.8. The molecule has 0 spiro atoms. The van der Waals surface area contributed by atoms with Gasteiger partial charge in [-0.15, -0.1) is 0 Å². The van der Waals surface area contributed by atoms with Gasteiger partial charge >= 0.3 is 0 Å². The predicted molar refractivity (Wildman–Crippen MR) is 97.7 cm³/mol. The van der Waals surface area contributed by atoms with Crippen LogP contribution in [0.25, 0.3) is 0 Å². The van der Waals surface area contributed by atoms with Crippen molar-refractivity contribution in [1.29, 1.82) is 0 Å². The number of hydrogen-bond acceptors (Lipinski definition) is 4. The minimum Gasteiger partial charge on any atom is -0.478 e. The molecule has 10 heteroatoms. The van der Waals surface area contributed by atoms with Crippen LogP contribution < -0.4 is 14.4 Å². The molecule has 1 heterocycles. The minimum absolute atomic E-state index is 0.0218. The summed E-state index contributed by atoms with van der Waals surface area (Å²) in [5, 5.41) is 2.64. The van der Waals surface area contributed by atoms with E-state index in [9.17, 15) is 22.0 Å². The normalized spacial score (nSPS) is 16.9. The Hall–Kier alpha value is -2.39. The molecule has 0 fully saturated rings. The largest absolute Gasteiger partial charge is 0.478 e. The molecule has 1 aliphatic rings. The SMILES string of the molecule is CS(=O)(=O)N1CCC(C(=O)Nc2ccc(F)cc2F)Oc2ccc(Cl)cc21. The quantitative estimate of drug-likeness (QED) is 0.833. The number of rotatable bonds is 3. The van der Waals surface area contributed by atoms with E-state index in [-0.39, 0.29) is 30.1 Å². The molecule has 1 unspecified atom stereocenters. The van der Waals surface area contributed by atoms with E-state index in [1.807, 2.05) is 0 Å². The molecular weight excluding hydrogens is 402 g/mol. The van der Waals surface area contributed by atoms with Gasteiger partial charge in [0.1, 0.15) is 17.4 Å². The van der Waals surface area contributed by atoms with Crippen molar-refractivity contribution >= 4 is 38.9 Å². The lowest BCUT2D eigenvalue weighted by molar-refractivity contribution is -0.122. The second-order valence-corrected chi connectivity index (χ2v) is 8.30. The first kappa shape index (κ1) is 19.4. The molecule has 1 aliphatic heterocycles. The van der Waals surface area contributed by atoms with Crippen molar-refractivity contribution in [1.82, 2.24) is 0 Å². The third kappa shape index (κ3) is 4.30. The van der Waals surface area contributed by atoms with Gasteiger partial charge in [-0.05, 0) is 30.3 Å². The van der Waals surface area contributed by atoms with Crippen LogP contribution in [0.2, 0.25) is 5.02 Å². The Morgan fingerprint density at radius 2 is 2.00 bits per heavy atom. The van der Waals surface area contributed by atoms with Gasteiger partial charge in [0.2, 0.25) is 10.0 Å². The van der Waals surface area contributed by atoms with Crippen LogP contribution in [0.4, 0.5) is 20.2 Å². The topological polar surface area (TPSA) is 75.7 Å². The Morgan fingerprint density at radius 1 is 1.26 bits per heavy atom. The fraction of sp³-hybridized carbons (Fsp3) is 0.235. The molecule has 0 saturated carbocycles. The summed E-state index contributed by atoms with van der Waals surface area (Å²) in [7, 11) is -3.64. The zero-order valence-electron chi connectivity index (χ0n) is 14.1. The second kappa shape index (κ2) is 7.32. The standard InChI is InChI=1S/C17H15ClF2N2O4S/c1-27(24,25)22-7-6-16(26-15-5-2-10(18)8-14(15)22)17(23)21-13-4-3-11(19)9-12(13)20/h2-5,8-9,16H,6-7H2,1H3,(H,21,23). The molecule has 6 nitrogen and oxygen atoms in total. The summed E-state index contributed by atoms with van der Waals surface area (Å²) in [5.41, 5.74) is 0.0128. The average molecular weight is 417 g/mol. The van der Waals surface area contributed by atoms with Crippen LogP contribution in [0.1, 0.15) is 6.42 Å². The molecule has 0 saturated heterocycles. The lowest BCUT2D eigenvalue weighted by Gasteiger charge is -2.21. The Morgan fingerprint density at radius 3 is 2.67 bits per heavy atom. The summed E-state index contributed by atoms with van der Waals surface area (Å²) >= 11 is 5.95. The molecule has 0 aliphatic carbocycles. The van der Waals surface area contributed by atoms with Gasteiger partial charge in [-0.3, -0.25) is 9.10 Å². The number of amides is 1. The molecule has 144 valence electrons. The monoisotopic (exact) mass is 416 g/mol. The van der Waals surface area contributed by atoms with Gasteiger partial charge in [0, 0.05) is 24.1 Å². The summed E-state index contributed by atoms with van der Waals surface area (Å²) in [6.45, 7) is -0.0316. The van der Waals surface area contributed by atoms with Crippen molar-refractivity contribution in [2.75, 3.05) is 22.4 Å². The second-order valence-electron chi connectivity index (χ2n) is 5.96. The van der Waals surface area contributed by atoms with E-state index >= 15 is 0 Å². The number of ether oxygens (including phenoxy) is 1.